The number of para-hydroxylation sites is 1. The molecule has 0 saturated carbocycles. The van der Waals surface area contributed by atoms with Crippen molar-refractivity contribution in [3.05, 3.63) is 199 Å². The molecule has 2 heterocycles. The standard InChI is InChI=1S/C50H33NOS/c1-50(43-18-8-5-14-37(43)38-15-6-9-19-44(38)50)45-20-11-17-41-42-30-35(27-29-46(42)52-49(41)45)51(34-24-22-33(23-25-34)32-12-3-2-4-13-32)36-26-28-40-39-16-7-10-21-47(39)53-48(40)31-36/h2-31H,1H3. The van der Waals surface area contributed by atoms with Gasteiger partial charge in [-0.3, -0.25) is 0 Å². The molecule has 0 bridgehead atoms. The van der Waals surface area contributed by atoms with E-state index >= 15 is 0 Å². The number of anilines is 3. The van der Waals surface area contributed by atoms with Crippen LogP contribution in [0.5, 0.6) is 0 Å². The molecule has 0 amide bonds. The molecule has 10 aromatic rings. The molecule has 0 N–H and O–H groups in total. The summed E-state index contributed by atoms with van der Waals surface area (Å²) in [5, 5.41) is 4.83. The number of hydrogen-bond acceptors (Lipinski definition) is 3. The van der Waals surface area contributed by atoms with Crippen LogP contribution < -0.4 is 4.90 Å². The Kier molecular flexibility index (Phi) is 6.58. The van der Waals surface area contributed by atoms with E-state index in [9.17, 15) is 0 Å². The van der Waals surface area contributed by atoms with E-state index in [1.165, 1.54) is 59.1 Å². The molecule has 0 saturated heterocycles. The van der Waals surface area contributed by atoms with Gasteiger partial charge in [-0.2, -0.15) is 0 Å². The highest BCUT2D eigenvalue weighted by molar-refractivity contribution is 7.25. The summed E-state index contributed by atoms with van der Waals surface area (Å²) in [5.74, 6) is 0. The van der Waals surface area contributed by atoms with Gasteiger partial charge in [-0.1, -0.05) is 133 Å². The van der Waals surface area contributed by atoms with Crippen molar-refractivity contribution in [2.45, 2.75) is 12.3 Å². The minimum atomic E-state index is -0.352. The SMILES string of the molecule is CC1(c2cccc3c2oc2ccc(N(c4ccc(-c5ccccc5)cc4)c4ccc5c(c4)sc4ccccc45)cc23)c2ccccc2-c2ccccc21. The normalized spacial score (nSPS) is 13.2. The third-order valence-electron chi connectivity index (χ3n) is 11.4. The second kappa shape index (κ2) is 11.5. The van der Waals surface area contributed by atoms with Gasteiger partial charge in [0.05, 0.1) is 0 Å². The molecule has 2 aromatic heterocycles. The fraction of sp³-hybridized carbons (Fsp3) is 0.0400. The van der Waals surface area contributed by atoms with Crippen LogP contribution in [0, 0.1) is 0 Å². The number of hydrogen-bond donors (Lipinski definition) is 0. The lowest BCUT2D eigenvalue weighted by Gasteiger charge is -2.28. The highest BCUT2D eigenvalue weighted by atomic mass is 32.1. The van der Waals surface area contributed by atoms with Crippen molar-refractivity contribution in [3.8, 4) is 22.3 Å². The van der Waals surface area contributed by atoms with Gasteiger partial charge in [-0.25, -0.2) is 0 Å². The van der Waals surface area contributed by atoms with Gasteiger partial charge in [0.25, 0.3) is 0 Å². The van der Waals surface area contributed by atoms with Crippen LogP contribution in [0.2, 0.25) is 0 Å². The van der Waals surface area contributed by atoms with E-state index in [4.69, 9.17) is 4.42 Å². The first kappa shape index (κ1) is 30.2. The molecule has 8 aromatic carbocycles. The van der Waals surface area contributed by atoms with E-state index in [0.29, 0.717) is 0 Å². The molecule has 0 aliphatic heterocycles. The Morgan fingerprint density at radius 2 is 1.02 bits per heavy atom. The zero-order valence-electron chi connectivity index (χ0n) is 29.1. The molecule has 2 nitrogen and oxygen atoms in total. The number of furan rings is 1. The van der Waals surface area contributed by atoms with Gasteiger partial charge in [0.15, 0.2) is 0 Å². The van der Waals surface area contributed by atoms with Gasteiger partial charge in [-0.05, 0) is 88.8 Å². The van der Waals surface area contributed by atoms with Crippen LogP contribution >= 0.6 is 11.3 Å². The lowest BCUT2D eigenvalue weighted by atomic mass is 9.74. The number of benzene rings is 8. The summed E-state index contributed by atoms with van der Waals surface area (Å²) in [7, 11) is 0. The first-order valence-electron chi connectivity index (χ1n) is 18.2. The van der Waals surface area contributed by atoms with Gasteiger partial charge in [0.1, 0.15) is 11.2 Å². The molecule has 1 aliphatic rings. The van der Waals surface area contributed by atoms with Crippen LogP contribution in [-0.4, -0.2) is 0 Å². The largest absolute Gasteiger partial charge is 0.456 e. The second-order valence-electron chi connectivity index (χ2n) is 14.2. The fourth-order valence-electron chi connectivity index (χ4n) is 8.80. The highest BCUT2D eigenvalue weighted by Gasteiger charge is 2.42. The summed E-state index contributed by atoms with van der Waals surface area (Å²) in [6.45, 7) is 2.36. The van der Waals surface area contributed by atoms with Crippen LogP contribution in [0.15, 0.2) is 186 Å². The lowest BCUT2D eigenvalue weighted by molar-refractivity contribution is 0.638. The summed E-state index contributed by atoms with van der Waals surface area (Å²) in [6, 6.07) is 66.1. The molecule has 250 valence electrons. The molecule has 0 unspecified atom stereocenters. The van der Waals surface area contributed by atoms with E-state index < -0.39 is 0 Å². The Morgan fingerprint density at radius 1 is 0.434 bits per heavy atom. The maximum absolute atomic E-state index is 6.88. The minimum absolute atomic E-state index is 0.352. The van der Waals surface area contributed by atoms with Crippen LogP contribution in [0.3, 0.4) is 0 Å². The van der Waals surface area contributed by atoms with Gasteiger partial charge < -0.3 is 9.32 Å². The second-order valence-corrected chi connectivity index (χ2v) is 15.3. The van der Waals surface area contributed by atoms with Gasteiger partial charge in [0, 0.05) is 59.0 Å². The smallest absolute Gasteiger partial charge is 0.139 e. The lowest BCUT2D eigenvalue weighted by Crippen LogP contribution is -2.22. The molecule has 1 aliphatic carbocycles. The molecule has 11 rings (SSSR count). The Labute approximate surface area is 311 Å². The fourth-order valence-corrected chi connectivity index (χ4v) is 9.94. The summed E-state index contributed by atoms with van der Waals surface area (Å²) in [4.78, 5) is 2.38. The van der Waals surface area contributed by atoms with E-state index in [-0.39, 0.29) is 5.41 Å². The average Bonchev–Trinajstić information content (AvgIpc) is 3.87. The molecule has 0 fully saturated rings. The maximum atomic E-state index is 6.88. The van der Waals surface area contributed by atoms with Crippen LogP contribution in [0.25, 0.3) is 64.4 Å². The number of nitrogens with zero attached hydrogens (tertiary/aromatic N) is 1. The third kappa shape index (κ3) is 4.51. The molecule has 3 heteroatoms. The van der Waals surface area contributed by atoms with E-state index in [1.54, 1.807) is 0 Å². The average molecular weight is 696 g/mol. The topological polar surface area (TPSA) is 16.4 Å². The van der Waals surface area contributed by atoms with E-state index in [1.807, 2.05) is 11.3 Å². The molecular formula is C50H33NOS. The Bertz CT molecular complexity index is 2980. The summed E-state index contributed by atoms with van der Waals surface area (Å²) >= 11 is 1.85. The zero-order valence-corrected chi connectivity index (χ0v) is 29.9. The number of rotatable bonds is 5. The maximum Gasteiger partial charge on any atom is 0.139 e. The quantitative estimate of drug-likeness (QED) is 0.178. The van der Waals surface area contributed by atoms with Crippen LogP contribution in [0.4, 0.5) is 17.1 Å². The van der Waals surface area contributed by atoms with Gasteiger partial charge in [0.2, 0.25) is 0 Å². The van der Waals surface area contributed by atoms with Gasteiger partial charge in [-0.15, -0.1) is 11.3 Å². The summed E-state index contributed by atoms with van der Waals surface area (Å²) in [5.41, 5.74) is 13.6. The predicted molar refractivity (Wildman–Crippen MR) is 224 cm³/mol. The summed E-state index contributed by atoms with van der Waals surface area (Å²) < 4.78 is 9.46. The van der Waals surface area contributed by atoms with Crippen molar-refractivity contribution in [1.29, 1.82) is 0 Å². The summed E-state index contributed by atoms with van der Waals surface area (Å²) in [6.07, 6.45) is 0. The molecule has 0 spiro atoms. The van der Waals surface area contributed by atoms with Crippen molar-refractivity contribution in [1.82, 2.24) is 0 Å². The van der Waals surface area contributed by atoms with E-state index in [2.05, 4.69) is 194 Å². The van der Waals surface area contributed by atoms with Crippen molar-refractivity contribution in [2.75, 3.05) is 4.90 Å². The van der Waals surface area contributed by atoms with Crippen molar-refractivity contribution in [2.24, 2.45) is 0 Å². The monoisotopic (exact) mass is 695 g/mol. The highest BCUT2D eigenvalue weighted by Crippen LogP contribution is 2.54. The Hall–Kier alpha value is -6.42. The molecule has 0 radical (unpaired) electrons. The molecule has 53 heavy (non-hydrogen) atoms. The Balaban J connectivity index is 1.10. The minimum Gasteiger partial charge on any atom is -0.456 e. The number of thiophene rings is 1. The Morgan fingerprint density at radius 3 is 1.81 bits per heavy atom. The van der Waals surface area contributed by atoms with Crippen molar-refractivity contribution >= 4 is 70.5 Å². The first-order valence-corrected chi connectivity index (χ1v) is 19.0. The van der Waals surface area contributed by atoms with Crippen LogP contribution in [-0.2, 0) is 5.41 Å². The number of fused-ring (bicyclic) bond motifs is 9. The first-order chi connectivity index (χ1) is 26.1. The van der Waals surface area contributed by atoms with Gasteiger partial charge >= 0.3 is 0 Å². The van der Waals surface area contributed by atoms with Crippen molar-refractivity contribution < 1.29 is 4.42 Å². The molecule has 0 atom stereocenters. The van der Waals surface area contributed by atoms with Crippen molar-refractivity contribution in [3.63, 3.8) is 0 Å². The zero-order chi connectivity index (χ0) is 35.1. The van der Waals surface area contributed by atoms with E-state index in [0.717, 1.165) is 39.0 Å². The third-order valence-corrected chi connectivity index (χ3v) is 12.5. The van der Waals surface area contributed by atoms with Crippen LogP contribution in [0.1, 0.15) is 23.6 Å². The molecular weight excluding hydrogens is 663 g/mol. The predicted octanol–water partition coefficient (Wildman–Crippen LogP) is 14.4.